The molecule has 1 amide bonds. The molecular formula is C12H14ClN3O4. The Hall–Kier alpha value is -1.73. The Labute approximate surface area is 120 Å². The highest BCUT2D eigenvalue weighted by atomic mass is 35.5. The van der Waals surface area contributed by atoms with Gasteiger partial charge in [-0.15, -0.1) is 0 Å². The SMILES string of the molecule is O=C(NCC1CCC(O)C1)c1ccnc(Cl)c1[N+](=O)[O-]. The van der Waals surface area contributed by atoms with Crippen molar-refractivity contribution < 1.29 is 14.8 Å². The van der Waals surface area contributed by atoms with Gasteiger partial charge in [-0.1, -0.05) is 11.6 Å². The summed E-state index contributed by atoms with van der Waals surface area (Å²) in [5.74, 6) is -0.354. The third-order valence-electron chi connectivity index (χ3n) is 3.37. The van der Waals surface area contributed by atoms with Crippen molar-refractivity contribution in [2.45, 2.75) is 25.4 Å². The Morgan fingerprint density at radius 2 is 2.35 bits per heavy atom. The first-order chi connectivity index (χ1) is 9.49. The number of halogens is 1. The van der Waals surface area contributed by atoms with E-state index in [4.69, 9.17) is 11.6 Å². The first-order valence-electron chi connectivity index (χ1n) is 6.24. The number of pyridine rings is 1. The van der Waals surface area contributed by atoms with Gasteiger partial charge in [0.1, 0.15) is 5.56 Å². The van der Waals surface area contributed by atoms with Crippen LogP contribution in [0.5, 0.6) is 0 Å². The lowest BCUT2D eigenvalue weighted by Crippen LogP contribution is -2.29. The van der Waals surface area contributed by atoms with Crippen LogP contribution in [0.15, 0.2) is 12.3 Å². The normalized spacial score (nSPS) is 21.7. The lowest BCUT2D eigenvalue weighted by Gasteiger charge is -2.11. The molecule has 20 heavy (non-hydrogen) atoms. The zero-order valence-corrected chi connectivity index (χ0v) is 11.3. The summed E-state index contributed by atoms with van der Waals surface area (Å²) in [5, 5.41) is 22.7. The summed E-state index contributed by atoms with van der Waals surface area (Å²) in [6.45, 7) is 0.382. The van der Waals surface area contributed by atoms with E-state index in [1.807, 2.05) is 0 Å². The summed E-state index contributed by atoms with van der Waals surface area (Å²) in [6, 6.07) is 1.27. The van der Waals surface area contributed by atoms with Gasteiger partial charge in [0.2, 0.25) is 5.15 Å². The molecule has 108 valence electrons. The highest BCUT2D eigenvalue weighted by Gasteiger charge is 2.27. The molecule has 1 saturated carbocycles. The van der Waals surface area contributed by atoms with Crippen molar-refractivity contribution in [3.63, 3.8) is 0 Å². The van der Waals surface area contributed by atoms with E-state index in [1.54, 1.807) is 0 Å². The van der Waals surface area contributed by atoms with Crippen LogP contribution in [0.25, 0.3) is 0 Å². The molecule has 2 unspecified atom stereocenters. The molecule has 0 spiro atoms. The second kappa shape index (κ2) is 6.15. The van der Waals surface area contributed by atoms with Crippen LogP contribution in [0.1, 0.15) is 29.6 Å². The van der Waals surface area contributed by atoms with Crippen molar-refractivity contribution in [3.05, 3.63) is 33.1 Å². The van der Waals surface area contributed by atoms with Gasteiger partial charge in [0.05, 0.1) is 11.0 Å². The van der Waals surface area contributed by atoms with Crippen molar-refractivity contribution in [1.29, 1.82) is 0 Å². The van der Waals surface area contributed by atoms with Crippen molar-refractivity contribution in [2.75, 3.05) is 6.54 Å². The molecule has 0 aromatic carbocycles. The molecular weight excluding hydrogens is 286 g/mol. The zero-order chi connectivity index (χ0) is 14.7. The van der Waals surface area contributed by atoms with E-state index in [2.05, 4.69) is 10.3 Å². The second-order valence-electron chi connectivity index (χ2n) is 4.80. The molecule has 2 rings (SSSR count). The minimum atomic E-state index is -0.719. The number of aliphatic hydroxyl groups is 1. The minimum Gasteiger partial charge on any atom is -0.393 e. The predicted octanol–water partition coefficient (Wildman–Crippen LogP) is 1.53. The summed E-state index contributed by atoms with van der Waals surface area (Å²) in [7, 11) is 0. The minimum absolute atomic E-state index is 0.103. The molecule has 2 N–H and O–H groups in total. The van der Waals surface area contributed by atoms with Crippen LogP contribution in [-0.4, -0.2) is 33.6 Å². The second-order valence-corrected chi connectivity index (χ2v) is 5.16. The Balaban J connectivity index is 2.06. The number of nitro groups is 1. The fraction of sp³-hybridized carbons (Fsp3) is 0.500. The van der Waals surface area contributed by atoms with Crippen LogP contribution in [0.4, 0.5) is 5.69 Å². The van der Waals surface area contributed by atoms with Gasteiger partial charge < -0.3 is 10.4 Å². The van der Waals surface area contributed by atoms with E-state index < -0.39 is 16.5 Å². The largest absolute Gasteiger partial charge is 0.393 e. The van der Waals surface area contributed by atoms with Crippen LogP contribution in [0.3, 0.4) is 0 Å². The third-order valence-corrected chi connectivity index (χ3v) is 3.65. The Morgan fingerprint density at radius 3 is 2.95 bits per heavy atom. The number of amides is 1. The van der Waals surface area contributed by atoms with Crippen molar-refractivity contribution in [3.8, 4) is 0 Å². The molecule has 0 aliphatic heterocycles. The van der Waals surface area contributed by atoms with E-state index >= 15 is 0 Å². The third kappa shape index (κ3) is 3.23. The first-order valence-corrected chi connectivity index (χ1v) is 6.62. The average molecular weight is 300 g/mol. The molecule has 1 aliphatic rings. The number of nitrogens with one attached hydrogen (secondary N) is 1. The number of rotatable bonds is 4. The number of aliphatic hydroxyl groups excluding tert-OH is 1. The zero-order valence-electron chi connectivity index (χ0n) is 10.6. The predicted molar refractivity (Wildman–Crippen MR) is 71.6 cm³/mol. The molecule has 1 aromatic heterocycles. The summed E-state index contributed by atoms with van der Waals surface area (Å²) >= 11 is 5.65. The molecule has 0 radical (unpaired) electrons. The standard InChI is InChI=1S/C12H14ClN3O4/c13-11-10(16(19)20)9(3-4-14-11)12(18)15-6-7-1-2-8(17)5-7/h3-4,7-8,17H,1-2,5-6H2,(H,15,18). The number of carbonyl (C=O) groups excluding carboxylic acids is 1. The molecule has 1 fully saturated rings. The van der Waals surface area contributed by atoms with Gasteiger partial charge in [-0.05, 0) is 31.2 Å². The van der Waals surface area contributed by atoms with Gasteiger partial charge in [-0.2, -0.15) is 0 Å². The smallest absolute Gasteiger partial charge is 0.319 e. The fourth-order valence-corrected chi connectivity index (χ4v) is 2.58. The summed E-state index contributed by atoms with van der Waals surface area (Å²) in [5.41, 5.74) is -0.591. The lowest BCUT2D eigenvalue weighted by atomic mass is 10.1. The number of aromatic nitrogens is 1. The van der Waals surface area contributed by atoms with Crippen LogP contribution in [-0.2, 0) is 0 Å². The lowest BCUT2D eigenvalue weighted by molar-refractivity contribution is -0.385. The molecule has 2 atom stereocenters. The highest BCUT2D eigenvalue weighted by molar-refractivity contribution is 6.32. The molecule has 1 aliphatic carbocycles. The maximum Gasteiger partial charge on any atom is 0.319 e. The molecule has 8 heteroatoms. The molecule has 1 aromatic rings. The van der Waals surface area contributed by atoms with Crippen LogP contribution in [0.2, 0.25) is 5.15 Å². The summed E-state index contributed by atoms with van der Waals surface area (Å²) in [6.07, 6.45) is 3.13. The van der Waals surface area contributed by atoms with E-state index in [9.17, 15) is 20.0 Å². The Morgan fingerprint density at radius 1 is 1.60 bits per heavy atom. The van der Waals surface area contributed by atoms with Gasteiger partial charge in [0, 0.05) is 12.7 Å². The number of carbonyl (C=O) groups is 1. The van der Waals surface area contributed by atoms with Gasteiger partial charge in [-0.3, -0.25) is 14.9 Å². The van der Waals surface area contributed by atoms with E-state index in [0.29, 0.717) is 13.0 Å². The number of nitrogens with zero attached hydrogens (tertiary/aromatic N) is 2. The molecule has 0 saturated heterocycles. The summed E-state index contributed by atoms with van der Waals surface area (Å²) < 4.78 is 0. The highest BCUT2D eigenvalue weighted by Crippen LogP contribution is 2.27. The quantitative estimate of drug-likeness (QED) is 0.498. The molecule has 7 nitrogen and oxygen atoms in total. The Bertz CT molecular complexity index is 537. The summed E-state index contributed by atoms with van der Waals surface area (Å²) in [4.78, 5) is 25.8. The van der Waals surface area contributed by atoms with Crippen molar-refractivity contribution in [2.24, 2.45) is 5.92 Å². The fourth-order valence-electron chi connectivity index (χ4n) is 2.35. The van der Waals surface area contributed by atoms with Crippen LogP contribution < -0.4 is 5.32 Å². The van der Waals surface area contributed by atoms with Gasteiger partial charge >= 0.3 is 5.69 Å². The van der Waals surface area contributed by atoms with Gasteiger partial charge in [0.15, 0.2) is 0 Å². The Kier molecular flexibility index (Phi) is 4.51. The first kappa shape index (κ1) is 14.7. The van der Waals surface area contributed by atoms with E-state index in [-0.39, 0.29) is 22.7 Å². The van der Waals surface area contributed by atoms with Gasteiger partial charge in [0.25, 0.3) is 5.91 Å². The van der Waals surface area contributed by atoms with Crippen molar-refractivity contribution in [1.82, 2.24) is 10.3 Å². The van der Waals surface area contributed by atoms with Crippen LogP contribution in [0, 0.1) is 16.0 Å². The topological polar surface area (TPSA) is 105 Å². The molecule has 0 bridgehead atoms. The van der Waals surface area contributed by atoms with E-state index in [1.165, 1.54) is 12.3 Å². The average Bonchev–Trinajstić information content (AvgIpc) is 2.81. The van der Waals surface area contributed by atoms with Crippen LogP contribution >= 0.6 is 11.6 Å². The number of hydrogen-bond acceptors (Lipinski definition) is 5. The monoisotopic (exact) mass is 299 g/mol. The maximum absolute atomic E-state index is 12.0. The van der Waals surface area contributed by atoms with E-state index in [0.717, 1.165) is 12.8 Å². The molecule has 1 heterocycles. The number of hydrogen-bond donors (Lipinski definition) is 2. The van der Waals surface area contributed by atoms with Gasteiger partial charge in [-0.25, -0.2) is 4.98 Å². The van der Waals surface area contributed by atoms with Crippen molar-refractivity contribution >= 4 is 23.2 Å². The maximum atomic E-state index is 12.0.